The summed E-state index contributed by atoms with van der Waals surface area (Å²) in [6.45, 7) is 8.93. The number of carbonyl (C=O) groups excluding carboxylic acids is 2. The summed E-state index contributed by atoms with van der Waals surface area (Å²) in [7, 11) is 0. The van der Waals surface area contributed by atoms with E-state index in [9.17, 15) is 14.0 Å². The number of hydrogen-bond acceptors (Lipinski definition) is 2. The molecule has 2 aromatic carbocycles. The molecular formula is C24H29FN2O2. The van der Waals surface area contributed by atoms with E-state index in [-0.39, 0.29) is 42.4 Å². The van der Waals surface area contributed by atoms with Crippen LogP contribution in [0, 0.1) is 11.7 Å². The zero-order chi connectivity index (χ0) is 21.1. The summed E-state index contributed by atoms with van der Waals surface area (Å²) >= 11 is 0. The molecule has 4 nitrogen and oxygen atoms in total. The van der Waals surface area contributed by atoms with Crippen molar-refractivity contribution in [3.63, 3.8) is 0 Å². The van der Waals surface area contributed by atoms with Gasteiger partial charge in [-0.15, -0.1) is 0 Å². The second kappa shape index (κ2) is 8.76. The van der Waals surface area contributed by atoms with Gasteiger partial charge in [-0.3, -0.25) is 9.59 Å². The zero-order valence-electron chi connectivity index (χ0n) is 17.5. The van der Waals surface area contributed by atoms with Crippen molar-refractivity contribution in [1.29, 1.82) is 0 Å². The Bertz CT molecular complexity index is 881. The molecule has 0 bridgehead atoms. The molecule has 0 spiro atoms. The molecule has 1 atom stereocenters. The third-order valence-corrected chi connectivity index (χ3v) is 5.52. The summed E-state index contributed by atoms with van der Waals surface area (Å²) in [5.74, 6) is -0.488. The number of halogens is 1. The third-order valence-electron chi connectivity index (χ3n) is 5.52. The van der Waals surface area contributed by atoms with Crippen molar-refractivity contribution in [2.45, 2.75) is 52.5 Å². The van der Waals surface area contributed by atoms with Gasteiger partial charge in [0.15, 0.2) is 0 Å². The zero-order valence-corrected chi connectivity index (χ0v) is 17.5. The van der Waals surface area contributed by atoms with Crippen molar-refractivity contribution >= 4 is 17.5 Å². The molecule has 1 fully saturated rings. The van der Waals surface area contributed by atoms with Crippen molar-refractivity contribution in [3.05, 3.63) is 65.0 Å². The van der Waals surface area contributed by atoms with Crippen molar-refractivity contribution in [3.8, 4) is 0 Å². The minimum atomic E-state index is -0.436. The Morgan fingerprint density at radius 3 is 2.28 bits per heavy atom. The molecule has 2 aromatic rings. The molecule has 0 saturated carbocycles. The fraction of sp³-hybridized carbons (Fsp3) is 0.417. The molecule has 1 unspecified atom stereocenters. The highest BCUT2D eigenvalue weighted by molar-refractivity contribution is 6.01. The molecule has 1 saturated heterocycles. The number of hydrogen-bond donors (Lipinski definition) is 1. The average molecular weight is 397 g/mol. The SMILES string of the molecule is CC(C)c1cccc(C(C)C)c1N1CC(C(=O)NCc2ccccc2F)CC1=O. The van der Waals surface area contributed by atoms with Gasteiger partial charge in [-0.1, -0.05) is 64.1 Å². The first-order valence-corrected chi connectivity index (χ1v) is 10.2. The minimum Gasteiger partial charge on any atom is -0.352 e. The summed E-state index contributed by atoms with van der Waals surface area (Å²) in [5, 5.41) is 2.79. The summed E-state index contributed by atoms with van der Waals surface area (Å²) in [6, 6.07) is 12.5. The molecule has 1 aliphatic heterocycles. The largest absolute Gasteiger partial charge is 0.352 e. The van der Waals surface area contributed by atoms with Gasteiger partial charge in [0, 0.05) is 25.1 Å². The van der Waals surface area contributed by atoms with E-state index in [2.05, 4.69) is 45.1 Å². The van der Waals surface area contributed by atoms with Crippen LogP contribution < -0.4 is 10.2 Å². The number of nitrogens with zero attached hydrogens (tertiary/aromatic N) is 1. The van der Waals surface area contributed by atoms with E-state index in [0.29, 0.717) is 12.1 Å². The van der Waals surface area contributed by atoms with Crippen LogP contribution in [0.5, 0.6) is 0 Å². The molecule has 1 aliphatic rings. The minimum absolute atomic E-state index is 0.0361. The van der Waals surface area contributed by atoms with Crippen molar-refractivity contribution < 1.29 is 14.0 Å². The van der Waals surface area contributed by atoms with E-state index in [1.165, 1.54) is 6.07 Å². The highest BCUT2D eigenvalue weighted by Crippen LogP contribution is 2.38. The van der Waals surface area contributed by atoms with E-state index in [0.717, 1.165) is 16.8 Å². The lowest BCUT2D eigenvalue weighted by molar-refractivity contribution is -0.126. The fourth-order valence-corrected chi connectivity index (χ4v) is 3.89. The molecule has 1 heterocycles. The van der Waals surface area contributed by atoms with Gasteiger partial charge in [0.05, 0.1) is 11.6 Å². The fourth-order valence-electron chi connectivity index (χ4n) is 3.89. The maximum Gasteiger partial charge on any atom is 0.227 e. The lowest BCUT2D eigenvalue weighted by Crippen LogP contribution is -2.33. The van der Waals surface area contributed by atoms with Crippen molar-refractivity contribution in [2.75, 3.05) is 11.4 Å². The highest BCUT2D eigenvalue weighted by Gasteiger charge is 2.37. The molecule has 29 heavy (non-hydrogen) atoms. The van der Waals surface area contributed by atoms with Crippen LogP contribution in [0.2, 0.25) is 0 Å². The summed E-state index contributed by atoms with van der Waals surface area (Å²) < 4.78 is 13.8. The van der Waals surface area contributed by atoms with Crippen LogP contribution in [0.4, 0.5) is 10.1 Å². The van der Waals surface area contributed by atoms with E-state index in [1.54, 1.807) is 23.1 Å². The average Bonchev–Trinajstić information content (AvgIpc) is 3.07. The van der Waals surface area contributed by atoms with Crippen molar-refractivity contribution in [2.24, 2.45) is 5.92 Å². The maximum absolute atomic E-state index is 13.8. The summed E-state index contributed by atoms with van der Waals surface area (Å²) in [6.07, 6.45) is 0.174. The van der Waals surface area contributed by atoms with Crippen LogP contribution in [0.3, 0.4) is 0 Å². The molecule has 0 aliphatic carbocycles. The van der Waals surface area contributed by atoms with Crippen LogP contribution in [0.15, 0.2) is 42.5 Å². The molecule has 2 amide bonds. The van der Waals surface area contributed by atoms with Gasteiger partial charge in [-0.05, 0) is 29.0 Å². The lowest BCUT2D eigenvalue weighted by atomic mass is 9.92. The highest BCUT2D eigenvalue weighted by atomic mass is 19.1. The van der Waals surface area contributed by atoms with Crippen LogP contribution >= 0.6 is 0 Å². The monoisotopic (exact) mass is 396 g/mol. The Hall–Kier alpha value is -2.69. The van der Waals surface area contributed by atoms with Crippen LogP contribution in [-0.4, -0.2) is 18.4 Å². The van der Waals surface area contributed by atoms with E-state index < -0.39 is 5.92 Å². The molecule has 0 aromatic heterocycles. The number of rotatable bonds is 6. The Labute approximate surface area is 172 Å². The number of para-hydroxylation sites is 1. The second-order valence-corrected chi connectivity index (χ2v) is 8.31. The first-order valence-electron chi connectivity index (χ1n) is 10.2. The van der Waals surface area contributed by atoms with Gasteiger partial charge in [0.2, 0.25) is 11.8 Å². The van der Waals surface area contributed by atoms with Gasteiger partial charge in [-0.25, -0.2) is 4.39 Å². The summed E-state index contributed by atoms with van der Waals surface area (Å²) in [4.78, 5) is 27.3. The predicted molar refractivity (Wildman–Crippen MR) is 113 cm³/mol. The van der Waals surface area contributed by atoms with Gasteiger partial charge in [0.1, 0.15) is 5.82 Å². The Morgan fingerprint density at radius 1 is 1.07 bits per heavy atom. The standard InChI is InChI=1S/C24H29FN2O2/c1-15(2)19-9-7-10-20(16(3)4)23(19)27-14-18(12-22(27)28)24(29)26-13-17-8-5-6-11-21(17)25/h5-11,15-16,18H,12-14H2,1-4H3,(H,26,29). The Morgan fingerprint density at radius 2 is 1.69 bits per heavy atom. The normalized spacial score (nSPS) is 16.7. The molecule has 0 radical (unpaired) electrons. The molecule has 3 rings (SSSR count). The number of amides is 2. The van der Waals surface area contributed by atoms with E-state index in [1.807, 2.05) is 6.07 Å². The van der Waals surface area contributed by atoms with Gasteiger partial charge >= 0.3 is 0 Å². The van der Waals surface area contributed by atoms with Crippen LogP contribution in [0.1, 0.15) is 62.6 Å². The van der Waals surface area contributed by atoms with Crippen LogP contribution in [0.25, 0.3) is 0 Å². The number of carbonyl (C=O) groups is 2. The quantitative estimate of drug-likeness (QED) is 0.767. The van der Waals surface area contributed by atoms with E-state index in [4.69, 9.17) is 0 Å². The first kappa shape index (κ1) is 21.0. The topological polar surface area (TPSA) is 49.4 Å². The number of benzene rings is 2. The Kier molecular flexibility index (Phi) is 6.36. The smallest absolute Gasteiger partial charge is 0.227 e. The Balaban J connectivity index is 1.79. The van der Waals surface area contributed by atoms with Gasteiger partial charge < -0.3 is 10.2 Å². The van der Waals surface area contributed by atoms with Crippen molar-refractivity contribution in [1.82, 2.24) is 5.32 Å². The summed E-state index contributed by atoms with van der Waals surface area (Å²) in [5.41, 5.74) is 3.63. The number of anilines is 1. The predicted octanol–water partition coefficient (Wildman–Crippen LogP) is 4.74. The van der Waals surface area contributed by atoms with E-state index >= 15 is 0 Å². The third kappa shape index (κ3) is 4.50. The van der Waals surface area contributed by atoms with Gasteiger partial charge in [-0.2, -0.15) is 0 Å². The van der Waals surface area contributed by atoms with Gasteiger partial charge in [0.25, 0.3) is 0 Å². The molecule has 154 valence electrons. The second-order valence-electron chi connectivity index (χ2n) is 8.31. The molecule has 5 heteroatoms. The molecule has 1 N–H and O–H groups in total. The number of nitrogens with one attached hydrogen (secondary N) is 1. The maximum atomic E-state index is 13.8. The lowest BCUT2D eigenvalue weighted by Gasteiger charge is -2.27. The van der Waals surface area contributed by atoms with Crippen LogP contribution in [-0.2, 0) is 16.1 Å². The molecular weight excluding hydrogens is 367 g/mol. The first-order chi connectivity index (χ1) is 13.8.